The second-order valence-corrected chi connectivity index (χ2v) is 7.63. The number of unbranched alkanes of at least 4 members (excludes halogenated alkanes) is 3. The standard InChI is InChI=1S/C20H32FN5/c1-3-15(2)26-12-16(18-19(26)20(22)24-14-23-18)8-6-4-5-7-10-25-11-9-17(21)13-25/h12,14-15,17H,3-11,13H2,1-2H3,(H2,22,23,24). The fraction of sp³-hybridized carbons (Fsp3) is 0.700. The maximum absolute atomic E-state index is 13.2. The van der Waals surface area contributed by atoms with Crippen molar-refractivity contribution in [1.29, 1.82) is 0 Å². The topological polar surface area (TPSA) is 60.0 Å². The molecule has 1 saturated heterocycles. The predicted molar refractivity (Wildman–Crippen MR) is 105 cm³/mol. The summed E-state index contributed by atoms with van der Waals surface area (Å²) in [6.07, 6.45) is 10.7. The van der Waals surface area contributed by atoms with Crippen LogP contribution in [0.5, 0.6) is 0 Å². The van der Waals surface area contributed by atoms with Crippen LogP contribution in [0.1, 0.15) is 64.0 Å². The highest BCUT2D eigenvalue weighted by Gasteiger charge is 2.20. The van der Waals surface area contributed by atoms with Crippen LogP contribution in [0.4, 0.5) is 10.2 Å². The van der Waals surface area contributed by atoms with Crippen LogP contribution in [0.15, 0.2) is 12.5 Å². The summed E-state index contributed by atoms with van der Waals surface area (Å²) >= 11 is 0. The lowest BCUT2D eigenvalue weighted by atomic mass is 10.1. The monoisotopic (exact) mass is 361 g/mol. The Morgan fingerprint density at radius 2 is 2.08 bits per heavy atom. The second-order valence-electron chi connectivity index (χ2n) is 7.63. The number of hydrogen-bond acceptors (Lipinski definition) is 4. The average Bonchev–Trinajstić information content (AvgIpc) is 3.22. The molecule has 26 heavy (non-hydrogen) atoms. The second kappa shape index (κ2) is 8.80. The Balaban J connectivity index is 1.52. The van der Waals surface area contributed by atoms with Crippen molar-refractivity contribution in [3.8, 4) is 0 Å². The number of rotatable bonds is 9. The third-order valence-corrected chi connectivity index (χ3v) is 5.66. The SMILES string of the molecule is CCC(C)n1cc(CCCCCCN2CCC(F)C2)c2ncnc(N)c21. The van der Waals surface area contributed by atoms with E-state index in [2.05, 4.69) is 39.5 Å². The smallest absolute Gasteiger partial charge is 0.151 e. The third kappa shape index (κ3) is 4.34. The van der Waals surface area contributed by atoms with Crippen molar-refractivity contribution in [1.82, 2.24) is 19.4 Å². The van der Waals surface area contributed by atoms with Crippen molar-refractivity contribution in [2.45, 2.75) is 71.0 Å². The van der Waals surface area contributed by atoms with Crippen molar-refractivity contribution in [3.63, 3.8) is 0 Å². The van der Waals surface area contributed by atoms with E-state index in [0.29, 0.717) is 24.8 Å². The molecule has 2 unspecified atom stereocenters. The zero-order chi connectivity index (χ0) is 18.5. The maximum Gasteiger partial charge on any atom is 0.151 e. The summed E-state index contributed by atoms with van der Waals surface area (Å²) in [5.41, 5.74) is 9.38. The molecule has 1 aliphatic heterocycles. The lowest BCUT2D eigenvalue weighted by Crippen LogP contribution is -2.22. The van der Waals surface area contributed by atoms with Gasteiger partial charge in [-0.3, -0.25) is 0 Å². The molecule has 1 fully saturated rings. The highest BCUT2D eigenvalue weighted by atomic mass is 19.1. The van der Waals surface area contributed by atoms with Crippen molar-refractivity contribution in [2.75, 3.05) is 25.4 Å². The first kappa shape index (κ1) is 19.1. The molecular weight excluding hydrogens is 329 g/mol. The Hall–Kier alpha value is -1.69. The average molecular weight is 362 g/mol. The highest BCUT2D eigenvalue weighted by molar-refractivity contribution is 5.88. The van der Waals surface area contributed by atoms with E-state index in [4.69, 9.17) is 5.73 Å². The molecule has 0 saturated carbocycles. The molecule has 5 nitrogen and oxygen atoms in total. The minimum Gasteiger partial charge on any atom is -0.382 e. The van der Waals surface area contributed by atoms with Crippen molar-refractivity contribution >= 4 is 16.9 Å². The van der Waals surface area contributed by atoms with Gasteiger partial charge >= 0.3 is 0 Å². The van der Waals surface area contributed by atoms with Gasteiger partial charge in [0.15, 0.2) is 5.82 Å². The predicted octanol–water partition coefficient (Wildman–Crippen LogP) is 4.13. The van der Waals surface area contributed by atoms with E-state index in [1.165, 1.54) is 18.4 Å². The summed E-state index contributed by atoms with van der Waals surface area (Å²) < 4.78 is 15.4. The van der Waals surface area contributed by atoms with Gasteiger partial charge in [0, 0.05) is 25.3 Å². The van der Waals surface area contributed by atoms with Crippen molar-refractivity contribution < 1.29 is 4.39 Å². The number of nitrogens with two attached hydrogens (primary N) is 1. The minimum atomic E-state index is -0.604. The highest BCUT2D eigenvalue weighted by Crippen LogP contribution is 2.28. The quantitative estimate of drug-likeness (QED) is 0.682. The molecule has 2 aromatic heterocycles. The number of halogens is 1. The summed E-state index contributed by atoms with van der Waals surface area (Å²) in [6.45, 7) is 6.99. The van der Waals surface area contributed by atoms with Gasteiger partial charge < -0.3 is 15.2 Å². The van der Waals surface area contributed by atoms with Gasteiger partial charge in [-0.1, -0.05) is 19.8 Å². The minimum absolute atomic E-state index is 0.388. The molecule has 0 spiro atoms. The Kier molecular flexibility index (Phi) is 6.46. The fourth-order valence-electron chi connectivity index (χ4n) is 3.90. The number of anilines is 1. The number of nitrogen functional groups attached to an aromatic ring is 1. The maximum atomic E-state index is 13.2. The van der Waals surface area contributed by atoms with Crippen LogP contribution in [0.3, 0.4) is 0 Å². The van der Waals surface area contributed by atoms with E-state index in [9.17, 15) is 4.39 Å². The van der Waals surface area contributed by atoms with Crippen molar-refractivity contribution in [2.24, 2.45) is 0 Å². The molecule has 2 aromatic rings. The lowest BCUT2D eigenvalue weighted by molar-refractivity contribution is 0.283. The van der Waals surface area contributed by atoms with E-state index in [1.807, 2.05) is 0 Å². The van der Waals surface area contributed by atoms with Crippen molar-refractivity contribution in [3.05, 3.63) is 18.1 Å². The summed E-state index contributed by atoms with van der Waals surface area (Å²) in [5, 5.41) is 0. The van der Waals surface area contributed by atoms with Gasteiger partial charge in [-0.25, -0.2) is 14.4 Å². The Labute approximate surface area is 155 Å². The number of alkyl halides is 1. The van der Waals surface area contributed by atoms with Gasteiger partial charge in [0.25, 0.3) is 0 Å². The molecule has 0 aromatic carbocycles. The molecule has 3 rings (SSSR count). The first-order valence-electron chi connectivity index (χ1n) is 10.1. The van der Waals surface area contributed by atoms with Gasteiger partial charge in [0.05, 0.1) is 5.52 Å². The van der Waals surface area contributed by atoms with Crippen LogP contribution in [-0.4, -0.2) is 45.2 Å². The van der Waals surface area contributed by atoms with Crippen LogP contribution >= 0.6 is 0 Å². The number of nitrogens with zero attached hydrogens (tertiary/aromatic N) is 4. The number of fused-ring (bicyclic) bond motifs is 1. The number of likely N-dealkylation sites (tertiary alicyclic amines) is 1. The molecule has 144 valence electrons. The van der Waals surface area contributed by atoms with Crippen LogP contribution in [0, 0.1) is 0 Å². The van der Waals surface area contributed by atoms with Crippen LogP contribution in [0.2, 0.25) is 0 Å². The molecule has 6 heteroatoms. The van der Waals surface area contributed by atoms with Gasteiger partial charge in [0.1, 0.15) is 18.0 Å². The zero-order valence-electron chi connectivity index (χ0n) is 16.1. The van der Waals surface area contributed by atoms with Gasteiger partial charge in [0.2, 0.25) is 0 Å². The first-order chi connectivity index (χ1) is 12.6. The summed E-state index contributed by atoms with van der Waals surface area (Å²) in [6, 6.07) is 0.388. The van der Waals surface area contributed by atoms with Gasteiger partial charge in [-0.05, 0) is 51.1 Å². The fourth-order valence-corrected chi connectivity index (χ4v) is 3.90. The lowest BCUT2D eigenvalue weighted by Gasteiger charge is -2.13. The molecule has 0 amide bonds. The molecule has 2 N–H and O–H groups in total. The van der Waals surface area contributed by atoms with Gasteiger partial charge in [-0.2, -0.15) is 0 Å². The molecule has 1 aliphatic rings. The molecule has 0 radical (unpaired) electrons. The number of aryl methyl sites for hydroxylation is 1. The Bertz CT molecular complexity index is 714. The normalized spacial score (nSPS) is 19.4. The molecule has 2 atom stereocenters. The third-order valence-electron chi connectivity index (χ3n) is 5.66. The van der Waals surface area contributed by atoms with Crippen LogP contribution in [-0.2, 0) is 6.42 Å². The summed E-state index contributed by atoms with van der Waals surface area (Å²) in [5.74, 6) is 0.568. The molecule has 0 bridgehead atoms. The van der Waals surface area contributed by atoms with E-state index < -0.39 is 6.17 Å². The molecule has 0 aliphatic carbocycles. The largest absolute Gasteiger partial charge is 0.382 e. The Morgan fingerprint density at radius 3 is 2.81 bits per heavy atom. The number of hydrogen-bond donors (Lipinski definition) is 1. The Morgan fingerprint density at radius 1 is 1.27 bits per heavy atom. The van der Waals surface area contributed by atoms with Gasteiger partial charge in [-0.15, -0.1) is 0 Å². The first-order valence-corrected chi connectivity index (χ1v) is 10.1. The van der Waals surface area contributed by atoms with Crippen LogP contribution in [0.25, 0.3) is 11.0 Å². The zero-order valence-corrected chi connectivity index (χ0v) is 16.1. The molecular formula is C20H32FN5. The number of aromatic nitrogens is 3. The van der Waals surface area contributed by atoms with E-state index >= 15 is 0 Å². The van der Waals surface area contributed by atoms with E-state index in [-0.39, 0.29) is 0 Å². The van der Waals surface area contributed by atoms with E-state index in [0.717, 1.165) is 49.8 Å². The summed E-state index contributed by atoms with van der Waals surface area (Å²) in [4.78, 5) is 10.9. The van der Waals surface area contributed by atoms with Crippen LogP contribution < -0.4 is 5.73 Å². The van der Waals surface area contributed by atoms with E-state index in [1.54, 1.807) is 6.33 Å². The molecule has 3 heterocycles. The summed E-state index contributed by atoms with van der Waals surface area (Å²) in [7, 11) is 0.